The molecular formula is C18H30IN3O3. The maximum absolute atomic E-state index is 5.89. The molecule has 0 saturated carbocycles. The Morgan fingerprint density at radius 2 is 2.12 bits per heavy atom. The molecule has 7 heteroatoms. The molecule has 1 aliphatic rings. The molecule has 1 saturated heterocycles. The number of nitrogens with two attached hydrogens (primary N) is 1. The number of nitrogens with zero attached hydrogens (tertiary/aromatic N) is 1. The number of rotatable bonds is 9. The highest BCUT2D eigenvalue weighted by atomic mass is 127. The van der Waals surface area contributed by atoms with Crippen LogP contribution in [0, 0.1) is 5.92 Å². The third-order valence-corrected chi connectivity index (χ3v) is 3.60. The van der Waals surface area contributed by atoms with Crippen molar-refractivity contribution in [3.63, 3.8) is 0 Å². The Morgan fingerprint density at radius 3 is 2.76 bits per heavy atom. The molecule has 1 fully saturated rings. The SMILES string of the molecule is CC(C)Oc1ccc(NC(N)=NCCCOCC2CCOC2)cc1.I. The van der Waals surface area contributed by atoms with Gasteiger partial charge >= 0.3 is 0 Å². The van der Waals surface area contributed by atoms with Crippen LogP contribution in [0.5, 0.6) is 5.75 Å². The van der Waals surface area contributed by atoms with Crippen molar-refractivity contribution in [3.05, 3.63) is 24.3 Å². The summed E-state index contributed by atoms with van der Waals surface area (Å²) in [5, 5.41) is 3.07. The Hall–Kier alpha value is -1.06. The molecule has 25 heavy (non-hydrogen) atoms. The van der Waals surface area contributed by atoms with Crippen LogP contribution < -0.4 is 15.8 Å². The quantitative estimate of drug-likeness (QED) is 0.255. The predicted molar refractivity (Wildman–Crippen MR) is 112 cm³/mol. The Kier molecular flexibility index (Phi) is 10.8. The standard InChI is InChI=1S/C18H29N3O3.HI/c1-14(2)24-17-6-4-16(5-7-17)21-18(19)20-9-3-10-22-12-15-8-11-23-13-15;/h4-7,14-15H,3,8-13H2,1-2H3,(H3,19,20,21);1H. The first kappa shape index (κ1) is 22.0. The number of ether oxygens (including phenoxy) is 3. The van der Waals surface area contributed by atoms with Crippen LogP contribution in [0.2, 0.25) is 0 Å². The lowest BCUT2D eigenvalue weighted by Crippen LogP contribution is -2.23. The summed E-state index contributed by atoms with van der Waals surface area (Å²) in [6, 6.07) is 7.67. The summed E-state index contributed by atoms with van der Waals surface area (Å²) in [7, 11) is 0. The summed E-state index contributed by atoms with van der Waals surface area (Å²) in [4.78, 5) is 4.31. The zero-order chi connectivity index (χ0) is 17.2. The van der Waals surface area contributed by atoms with Crippen LogP contribution in [0.1, 0.15) is 26.7 Å². The van der Waals surface area contributed by atoms with E-state index in [9.17, 15) is 0 Å². The van der Waals surface area contributed by atoms with Gasteiger partial charge in [-0.05, 0) is 51.0 Å². The van der Waals surface area contributed by atoms with E-state index in [1.165, 1.54) is 0 Å². The van der Waals surface area contributed by atoms with Gasteiger partial charge in [-0.1, -0.05) is 0 Å². The Labute approximate surface area is 167 Å². The number of halogens is 1. The van der Waals surface area contributed by atoms with Crippen molar-refractivity contribution in [1.29, 1.82) is 0 Å². The number of hydrogen-bond donors (Lipinski definition) is 2. The van der Waals surface area contributed by atoms with E-state index in [-0.39, 0.29) is 30.1 Å². The molecule has 0 aromatic heterocycles. The highest BCUT2D eigenvalue weighted by Gasteiger charge is 2.15. The molecule has 0 spiro atoms. The number of benzene rings is 1. The summed E-state index contributed by atoms with van der Waals surface area (Å²) in [5.41, 5.74) is 6.78. The van der Waals surface area contributed by atoms with E-state index in [1.807, 2.05) is 38.1 Å². The zero-order valence-corrected chi connectivity index (χ0v) is 17.4. The van der Waals surface area contributed by atoms with Crippen LogP contribution in [0.4, 0.5) is 5.69 Å². The molecule has 3 N–H and O–H groups in total. The van der Waals surface area contributed by atoms with E-state index >= 15 is 0 Å². The van der Waals surface area contributed by atoms with Crippen molar-refractivity contribution in [3.8, 4) is 5.75 Å². The highest BCUT2D eigenvalue weighted by Crippen LogP contribution is 2.16. The van der Waals surface area contributed by atoms with E-state index in [2.05, 4.69) is 10.3 Å². The van der Waals surface area contributed by atoms with Crippen molar-refractivity contribution in [2.45, 2.75) is 32.8 Å². The topological polar surface area (TPSA) is 78.1 Å². The molecule has 1 atom stereocenters. The summed E-state index contributed by atoms with van der Waals surface area (Å²) in [6.07, 6.45) is 2.13. The first-order valence-electron chi connectivity index (χ1n) is 8.62. The largest absolute Gasteiger partial charge is 0.491 e. The van der Waals surface area contributed by atoms with Crippen molar-refractivity contribution in [1.82, 2.24) is 0 Å². The third-order valence-electron chi connectivity index (χ3n) is 3.60. The number of anilines is 1. The number of aliphatic imine (C=N–C) groups is 1. The molecule has 1 aliphatic heterocycles. The molecule has 0 amide bonds. The van der Waals surface area contributed by atoms with E-state index in [0.29, 0.717) is 25.0 Å². The average Bonchev–Trinajstić information content (AvgIpc) is 3.05. The maximum atomic E-state index is 5.89. The lowest BCUT2D eigenvalue weighted by Gasteiger charge is -2.11. The summed E-state index contributed by atoms with van der Waals surface area (Å²) in [6.45, 7) is 7.83. The molecule has 0 radical (unpaired) electrons. The van der Waals surface area contributed by atoms with Crippen molar-refractivity contribution in [2.24, 2.45) is 16.6 Å². The fraction of sp³-hybridized carbons (Fsp3) is 0.611. The van der Waals surface area contributed by atoms with Crippen molar-refractivity contribution >= 4 is 35.6 Å². The van der Waals surface area contributed by atoms with Crippen molar-refractivity contribution < 1.29 is 14.2 Å². The van der Waals surface area contributed by atoms with E-state index < -0.39 is 0 Å². The van der Waals surface area contributed by atoms with Crippen LogP contribution in [0.3, 0.4) is 0 Å². The molecule has 1 aromatic rings. The summed E-state index contributed by atoms with van der Waals surface area (Å²) >= 11 is 0. The molecule has 142 valence electrons. The summed E-state index contributed by atoms with van der Waals surface area (Å²) in [5.74, 6) is 1.82. The fourth-order valence-corrected chi connectivity index (χ4v) is 2.41. The van der Waals surface area contributed by atoms with Crippen LogP contribution >= 0.6 is 24.0 Å². The second kappa shape index (κ2) is 12.3. The third kappa shape index (κ3) is 9.27. The Morgan fingerprint density at radius 1 is 1.36 bits per heavy atom. The van der Waals surface area contributed by atoms with Crippen LogP contribution in [-0.4, -0.2) is 45.0 Å². The van der Waals surface area contributed by atoms with Crippen LogP contribution in [0.25, 0.3) is 0 Å². The maximum Gasteiger partial charge on any atom is 0.193 e. The molecule has 6 nitrogen and oxygen atoms in total. The van der Waals surface area contributed by atoms with E-state index in [1.54, 1.807) is 0 Å². The highest BCUT2D eigenvalue weighted by molar-refractivity contribution is 14.0. The van der Waals surface area contributed by atoms with Gasteiger partial charge in [0.25, 0.3) is 0 Å². The Balaban J connectivity index is 0.00000312. The van der Waals surface area contributed by atoms with Gasteiger partial charge in [-0.3, -0.25) is 4.99 Å². The first-order valence-corrected chi connectivity index (χ1v) is 8.62. The Bertz CT molecular complexity index is 503. The van der Waals surface area contributed by atoms with Gasteiger partial charge in [-0.25, -0.2) is 0 Å². The minimum atomic E-state index is 0. The lowest BCUT2D eigenvalue weighted by molar-refractivity contribution is 0.0893. The minimum Gasteiger partial charge on any atom is -0.491 e. The number of nitrogens with one attached hydrogen (secondary N) is 1. The second-order valence-corrected chi connectivity index (χ2v) is 6.24. The average molecular weight is 463 g/mol. The van der Waals surface area contributed by atoms with Gasteiger partial charge in [0.15, 0.2) is 5.96 Å². The summed E-state index contributed by atoms with van der Waals surface area (Å²) < 4.78 is 16.6. The molecule has 1 unspecified atom stereocenters. The molecule has 0 bridgehead atoms. The van der Waals surface area contributed by atoms with Gasteiger partial charge in [0, 0.05) is 31.4 Å². The minimum absolute atomic E-state index is 0. The van der Waals surface area contributed by atoms with E-state index in [0.717, 1.165) is 44.1 Å². The molecule has 1 aromatic carbocycles. The fourth-order valence-electron chi connectivity index (χ4n) is 2.41. The van der Waals surface area contributed by atoms with Crippen LogP contribution in [-0.2, 0) is 9.47 Å². The second-order valence-electron chi connectivity index (χ2n) is 6.24. The van der Waals surface area contributed by atoms with Gasteiger partial charge in [-0.2, -0.15) is 0 Å². The first-order chi connectivity index (χ1) is 11.6. The van der Waals surface area contributed by atoms with Crippen LogP contribution in [0.15, 0.2) is 29.3 Å². The lowest BCUT2D eigenvalue weighted by atomic mass is 10.1. The van der Waals surface area contributed by atoms with E-state index in [4.69, 9.17) is 19.9 Å². The monoisotopic (exact) mass is 463 g/mol. The van der Waals surface area contributed by atoms with Gasteiger partial charge in [0.1, 0.15) is 5.75 Å². The molecule has 1 heterocycles. The van der Waals surface area contributed by atoms with Crippen molar-refractivity contribution in [2.75, 3.05) is 38.3 Å². The predicted octanol–water partition coefficient (Wildman–Crippen LogP) is 3.26. The molecular weight excluding hydrogens is 433 g/mol. The normalized spacial score (nSPS) is 17.4. The molecule has 2 rings (SSSR count). The van der Waals surface area contributed by atoms with Gasteiger partial charge in [-0.15, -0.1) is 24.0 Å². The van der Waals surface area contributed by atoms with Gasteiger partial charge in [0.05, 0.1) is 19.3 Å². The molecule has 0 aliphatic carbocycles. The van der Waals surface area contributed by atoms with Gasteiger partial charge < -0.3 is 25.3 Å². The zero-order valence-electron chi connectivity index (χ0n) is 15.1. The number of hydrogen-bond acceptors (Lipinski definition) is 4. The number of guanidine groups is 1. The smallest absolute Gasteiger partial charge is 0.193 e. The van der Waals surface area contributed by atoms with Gasteiger partial charge in [0.2, 0.25) is 0 Å².